The standard InChI is InChI=1S/C17H19ClN2O3S/c1-19(12-14-8-10-15(18)11-9-14)17(21)13-20(2)24(22,23)16-6-4-3-5-7-16/h3-11H,12-13H2,1-2H3. The van der Waals surface area contributed by atoms with Gasteiger partial charge in [0.2, 0.25) is 15.9 Å². The zero-order chi connectivity index (χ0) is 17.7. The molecule has 24 heavy (non-hydrogen) atoms. The number of amides is 1. The number of carbonyl (C=O) groups excluding carboxylic acids is 1. The van der Waals surface area contributed by atoms with Crippen molar-refractivity contribution in [3.05, 3.63) is 65.2 Å². The molecule has 128 valence electrons. The van der Waals surface area contributed by atoms with E-state index in [0.29, 0.717) is 11.6 Å². The van der Waals surface area contributed by atoms with E-state index < -0.39 is 10.0 Å². The lowest BCUT2D eigenvalue weighted by Gasteiger charge is -2.22. The Morgan fingerprint density at radius 1 is 1.00 bits per heavy atom. The minimum Gasteiger partial charge on any atom is -0.340 e. The number of benzene rings is 2. The molecule has 0 bridgehead atoms. The van der Waals surface area contributed by atoms with E-state index in [1.54, 1.807) is 37.4 Å². The maximum Gasteiger partial charge on any atom is 0.243 e. The van der Waals surface area contributed by atoms with E-state index in [0.717, 1.165) is 9.87 Å². The van der Waals surface area contributed by atoms with Gasteiger partial charge in [-0.2, -0.15) is 4.31 Å². The highest BCUT2D eigenvalue weighted by atomic mass is 35.5. The number of hydrogen-bond acceptors (Lipinski definition) is 3. The van der Waals surface area contributed by atoms with Crippen molar-refractivity contribution in [2.45, 2.75) is 11.4 Å². The van der Waals surface area contributed by atoms with Crippen LogP contribution in [0.2, 0.25) is 5.02 Å². The van der Waals surface area contributed by atoms with Crippen molar-refractivity contribution < 1.29 is 13.2 Å². The smallest absolute Gasteiger partial charge is 0.243 e. The predicted molar refractivity (Wildman–Crippen MR) is 94.2 cm³/mol. The molecule has 0 aliphatic heterocycles. The average Bonchev–Trinajstić information content (AvgIpc) is 2.57. The summed E-state index contributed by atoms with van der Waals surface area (Å²) in [6.07, 6.45) is 0. The van der Waals surface area contributed by atoms with E-state index in [-0.39, 0.29) is 17.3 Å². The van der Waals surface area contributed by atoms with Crippen molar-refractivity contribution in [1.82, 2.24) is 9.21 Å². The van der Waals surface area contributed by atoms with E-state index >= 15 is 0 Å². The Bertz CT molecular complexity index is 792. The molecule has 0 fully saturated rings. The molecule has 0 N–H and O–H groups in total. The molecule has 0 atom stereocenters. The van der Waals surface area contributed by atoms with Gasteiger partial charge < -0.3 is 4.90 Å². The first-order chi connectivity index (χ1) is 11.3. The molecule has 0 saturated carbocycles. The molecule has 0 heterocycles. The number of likely N-dealkylation sites (N-methyl/N-ethyl adjacent to an activating group) is 2. The number of carbonyl (C=O) groups is 1. The van der Waals surface area contributed by atoms with E-state index in [9.17, 15) is 13.2 Å². The molecular formula is C17H19ClN2O3S. The quantitative estimate of drug-likeness (QED) is 0.789. The van der Waals surface area contributed by atoms with Gasteiger partial charge in [0.05, 0.1) is 11.4 Å². The van der Waals surface area contributed by atoms with Gasteiger partial charge in [-0.1, -0.05) is 41.9 Å². The molecule has 0 aliphatic rings. The number of nitrogens with zero attached hydrogens (tertiary/aromatic N) is 2. The lowest BCUT2D eigenvalue weighted by molar-refractivity contribution is -0.130. The SMILES string of the molecule is CN(Cc1ccc(Cl)cc1)C(=O)CN(C)S(=O)(=O)c1ccccc1. The minimum atomic E-state index is -3.68. The summed E-state index contributed by atoms with van der Waals surface area (Å²) in [5, 5.41) is 0.626. The van der Waals surface area contributed by atoms with Crippen LogP contribution < -0.4 is 0 Å². The summed E-state index contributed by atoms with van der Waals surface area (Å²) >= 11 is 5.83. The van der Waals surface area contributed by atoms with Crippen molar-refractivity contribution >= 4 is 27.5 Å². The third kappa shape index (κ3) is 4.56. The summed E-state index contributed by atoms with van der Waals surface area (Å²) in [6, 6.07) is 15.2. The zero-order valence-electron chi connectivity index (χ0n) is 13.5. The number of rotatable bonds is 6. The zero-order valence-corrected chi connectivity index (χ0v) is 15.1. The fraction of sp³-hybridized carbons (Fsp3) is 0.235. The molecule has 2 rings (SSSR count). The number of hydrogen-bond donors (Lipinski definition) is 0. The molecule has 1 amide bonds. The summed E-state index contributed by atoms with van der Waals surface area (Å²) in [7, 11) is -0.640. The molecule has 2 aromatic carbocycles. The monoisotopic (exact) mass is 366 g/mol. The highest BCUT2D eigenvalue weighted by Crippen LogP contribution is 2.14. The van der Waals surface area contributed by atoms with Crippen LogP contribution in [0.4, 0.5) is 0 Å². The first-order valence-electron chi connectivity index (χ1n) is 7.30. The lowest BCUT2D eigenvalue weighted by atomic mass is 10.2. The van der Waals surface area contributed by atoms with Gasteiger partial charge in [-0.25, -0.2) is 8.42 Å². The Morgan fingerprint density at radius 2 is 1.58 bits per heavy atom. The highest BCUT2D eigenvalue weighted by Gasteiger charge is 2.23. The van der Waals surface area contributed by atoms with Crippen LogP contribution >= 0.6 is 11.6 Å². The van der Waals surface area contributed by atoms with Gasteiger partial charge in [-0.05, 0) is 29.8 Å². The van der Waals surface area contributed by atoms with Crippen molar-refractivity contribution in [3.8, 4) is 0 Å². The summed E-state index contributed by atoms with van der Waals surface area (Å²) in [6.45, 7) is 0.163. The Morgan fingerprint density at radius 3 is 2.17 bits per heavy atom. The van der Waals surface area contributed by atoms with Gasteiger partial charge in [0.1, 0.15) is 0 Å². The second-order valence-corrected chi connectivity index (χ2v) is 7.93. The fourth-order valence-corrected chi connectivity index (χ4v) is 3.39. The largest absolute Gasteiger partial charge is 0.340 e. The summed E-state index contributed by atoms with van der Waals surface area (Å²) in [5.41, 5.74) is 0.920. The van der Waals surface area contributed by atoms with Crippen LogP contribution in [0.15, 0.2) is 59.5 Å². The molecule has 5 nitrogen and oxygen atoms in total. The molecule has 7 heteroatoms. The van der Waals surface area contributed by atoms with Crippen LogP contribution in [0.1, 0.15) is 5.56 Å². The maximum absolute atomic E-state index is 12.4. The third-order valence-corrected chi connectivity index (χ3v) is 5.64. The van der Waals surface area contributed by atoms with Gasteiger partial charge >= 0.3 is 0 Å². The van der Waals surface area contributed by atoms with Crippen LogP contribution in [0.25, 0.3) is 0 Å². The van der Waals surface area contributed by atoms with Crippen LogP contribution in [0.5, 0.6) is 0 Å². The molecule has 0 unspecified atom stereocenters. The van der Waals surface area contributed by atoms with Gasteiger partial charge in [0.15, 0.2) is 0 Å². The predicted octanol–water partition coefficient (Wildman–Crippen LogP) is 2.62. The minimum absolute atomic E-state index is 0.167. The Labute approximate surface area is 147 Å². The van der Waals surface area contributed by atoms with Crippen LogP contribution in [0.3, 0.4) is 0 Å². The van der Waals surface area contributed by atoms with Crippen molar-refractivity contribution in [2.75, 3.05) is 20.6 Å². The molecule has 0 aliphatic carbocycles. The van der Waals surface area contributed by atoms with Gasteiger partial charge in [-0.3, -0.25) is 4.79 Å². The van der Waals surface area contributed by atoms with Gasteiger partial charge in [0.25, 0.3) is 0 Å². The molecule has 2 aromatic rings. The number of sulfonamides is 1. The Hall–Kier alpha value is -1.89. The first-order valence-corrected chi connectivity index (χ1v) is 9.12. The highest BCUT2D eigenvalue weighted by molar-refractivity contribution is 7.89. The van der Waals surface area contributed by atoms with E-state index in [1.807, 2.05) is 12.1 Å². The summed E-state index contributed by atoms with van der Waals surface area (Å²) in [5.74, 6) is -0.285. The normalized spacial score (nSPS) is 11.5. The van der Waals surface area contributed by atoms with Crippen molar-refractivity contribution in [2.24, 2.45) is 0 Å². The third-order valence-electron chi connectivity index (χ3n) is 3.57. The van der Waals surface area contributed by atoms with E-state index in [2.05, 4.69) is 0 Å². The first kappa shape index (κ1) is 18.4. The summed E-state index contributed by atoms with van der Waals surface area (Å²) in [4.78, 5) is 14.0. The van der Waals surface area contributed by atoms with Crippen LogP contribution in [-0.4, -0.2) is 44.2 Å². The summed E-state index contributed by atoms with van der Waals surface area (Å²) < 4.78 is 25.9. The molecular weight excluding hydrogens is 348 g/mol. The number of halogens is 1. The van der Waals surface area contributed by atoms with Gasteiger partial charge in [0, 0.05) is 25.7 Å². The van der Waals surface area contributed by atoms with Crippen molar-refractivity contribution in [3.63, 3.8) is 0 Å². The topological polar surface area (TPSA) is 57.7 Å². The van der Waals surface area contributed by atoms with E-state index in [4.69, 9.17) is 11.6 Å². The van der Waals surface area contributed by atoms with Crippen LogP contribution in [-0.2, 0) is 21.4 Å². The average molecular weight is 367 g/mol. The van der Waals surface area contributed by atoms with Crippen molar-refractivity contribution in [1.29, 1.82) is 0 Å². The Balaban J connectivity index is 2.01. The molecule has 0 spiro atoms. The van der Waals surface area contributed by atoms with Gasteiger partial charge in [-0.15, -0.1) is 0 Å². The molecule has 0 radical (unpaired) electrons. The second kappa shape index (κ2) is 7.79. The maximum atomic E-state index is 12.4. The second-order valence-electron chi connectivity index (χ2n) is 5.45. The van der Waals surface area contributed by atoms with E-state index in [1.165, 1.54) is 24.1 Å². The Kier molecular flexibility index (Phi) is 5.99. The molecule has 0 aromatic heterocycles. The lowest BCUT2D eigenvalue weighted by Crippen LogP contribution is -2.39. The van der Waals surface area contributed by atoms with Crippen LogP contribution in [0, 0.1) is 0 Å². The molecule has 0 saturated heterocycles. The fourth-order valence-electron chi connectivity index (χ4n) is 2.12.